The van der Waals surface area contributed by atoms with Crippen LogP contribution in [0.2, 0.25) is 0 Å². The highest BCUT2D eigenvalue weighted by atomic mass is 79.9. The SMILES string of the molecule is CCCC(O)CNc1ncc(Br)cc1C. The van der Waals surface area contributed by atoms with Gasteiger partial charge < -0.3 is 10.4 Å². The Morgan fingerprint density at radius 2 is 2.33 bits per heavy atom. The molecule has 0 saturated carbocycles. The molecule has 1 rings (SSSR count). The molecule has 4 heteroatoms. The minimum Gasteiger partial charge on any atom is -0.391 e. The van der Waals surface area contributed by atoms with E-state index in [0.29, 0.717) is 6.54 Å². The van der Waals surface area contributed by atoms with Gasteiger partial charge in [-0.2, -0.15) is 0 Å². The monoisotopic (exact) mass is 272 g/mol. The summed E-state index contributed by atoms with van der Waals surface area (Å²) in [5.74, 6) is 0.841. The number of aromatic nitrogens is 1. The molecule has 0 saturated heterocycles. The molecule has 0 spiro atoms. The number of nitrogens with one attached hydrogen (secondary N) is 1. The number of pyridine rings is 1. The van der Waals surface area contributed by atoms with Crippen LogP contribution in [0.3, 0.4) is 0 Å². The van der Waals surface area contributed by atoms with E-state index in [4.69, 9.17) is 0 Å². The largest absolute Gasteiger partial charge is 0.391 e. The zero-order chi connectivity index (χ0) is 11.3. The molecule has 1 unspecified atom stereocenters. The van der Waals surface area contributed by atoms with Crippen molar-refractivity contribution >= 4 is 21.7 Å². The molecular weight excluding hydrogens is 256 g/mol. The Morgan fingerprint density at radius 3 is 2.93 bits per heavy atom. The first-order valence-corrected chi connectivity index (χ1v) is 5.97. The quantitative estimate of drug-likeness (QED) is 0.867. The number of aryl methyl sites for hydroxylation is 1. The molecule has 0 amide bonds. The second-order valence-electron chi connectivity index (χ2n) is 3.64. The third-order valence-corrected chi connectivity index (χ3v) is 2.61. The van der Waals surface area contributed by atoms with Gasteiger partial charge in [-0.1, -0.05) is 13.3 Å². The fourth-order valence-electron chi connectivity index (χ4n) is 1.38. The summed E-state index contributed by atoms with van der Waals surface area (Å²) < 4.78 is 0.972. The Bertz CT molecular complexity index is 317. The lowest BCUT2D eigenvalue weighted by molar-refractivity contribution is 0.176. The molecule has 1 aromatic heterocycles. The summed E-state index contributed by atoms with van der Waals surface area (Å²) in [6.07, 6.45) is 3.28. The van der Waals surface area contributed by atoms with E-state index in [1.807, 2.05) is 13.0 Å². The molecule has 1 heterocycles. The predicted molar refractivity (Wildman–Crippen MR) is 66.1 cm³/mol. The Hall–Kier alpha value is -0.610. The van der Waals surface area contributed by atoms with E-state index in [1.165, 1.54) is 0 Å². The molecule has 0 aromatic carbocycles. The van der Waals surface area contributed by atoms with Crippen LogP contribution < -0.4 is 5.32 Å². The van der Waals surface area contributed by atoms with Gasteiger partial charge >= 0.3 is 0 Å². The third kappa shape index (κ3) is 4.18. The first-order valence-electron chi connectivity index (χ1n) is 5.17. The molecule has 0 aliphatic heterocycles. The molecule has 0 fully saturated rings. The first-order chi connectivity index (χ1) is 7.13. The van der Waals surface area contributed by atoms with Crippen LogP contribution in [0.5, 0.6) is 0 Å². The molecule has 2 N–H and O–H groups in total. The zero-order valence-corrected chi connectivity index (χ0v) is 10.7. The third-order valence-electron chi connectivity index (χ3n) is 2.17. The van der Waals surface area contributed by atoms with Crippen molar-refractivity contribution in [1.29, 1.82) is 0 Å². The molecule has 0 aliphatic carbocycles. The van der Waals surface area contributed by atoms with Gasteiger partial charge in [0.15, 0.2) is 0 Å². The molecule has 1 atom stereocenters. The second-order valence-corrected chi connectivity index (χ2v) is 4.56. The topological polar surface area (TPSA) is 45.1 Å². The van der Waals surface area contributed by atoms with Crippen molar-refractivity contribution in [2.24, 2.45) is 0 Å². The number of aliphatic hydroxyl groups is 1. The van der Waals surface area contributed by atoms with Crippen LogP contribution in [0, 0.1) is 6.92 Å². The van der Waals surface area contributed by atoms with Crippen molar-refractivity contribution in [3.05, 3.63) is 22.3 Å². The highest BCUT2D eigenvalue weighted by molar-refractivity contribution is 9.10. The zero-order valence-electron chi connectivity index (χ0n) is 9.13. The van der Waals surface area contributed by atoms with Gasteiger partial charge in [0, 0.05) is 17.2 Å². The molecule has 0 bridgehead atoms. The standard InChI is InChI=1S/C11H17BrN2O/c1-3-4-10(15)7-14-11-8(2)5-9(12)6-13-11/h5-6,10,15H,3-4,7H2,1-2H3,(H,13,14). The van der Waals surface area contributed by atoms with Crippen LogP contribution in [-0.2, 0) is 0 Å². The predicted octanol–water partition coefficient (Wildman–Crippen LogP) is 2.73. The highest BCUT2D eigenvalue weighted by Gasteiger charge is 2.04. The average Bonchev–Trinajstić information content (AvgIpc) is 2.17. The summed E-state index contributed by atoms with van der Waals surface area (Å²) in [5.41, 5.74) is 1.08. The van der Waals surface area contributed by atoms with Gasteiger partial charge in [-0.3, -0.25) is 0 Å². The number of halogens is 1. The number of nitrogens with zero attached hydrogens (tertiary/aromatic N) is 1. The summed E-state index contributed by atoms with van der Waals surface area (Å²) in [4.78, 5) is 4.24. The maximum Gasteiger partial charge on any atom is 0.129 e. The summed E-state index contributed by atoms with van der Waals surface area (Å²) in [7, 11) is 0. The summed E-state index contributed by atoms with van der Waals surface area (Å²) >= 11 is 3.36. The van der Waals surface area contributed by atoms with E-state index >= 15 is 0 Å². The summed E-state index contributed by atoms with van der Waals surface area (Å²) in [6, 6.07) is 2.00. The van der Waals surface area contributed by atoms with Gasteiger partial charge in [0.1, 0.15) is 5.82 Å². The van der Waals surface area contributed by atoms with E-state index in [1.54, 1.807) is 6.20 Å². The molecule has 3 nitrogen and oxygen atoms in total. The van der Waals surface area contributed by atoms with Crippen LogP contribution in [0.25, 0.3) is 0 Å². The number of hydrogen-bond donors (Lipinski definition) is 2. The van der Waals surface area contributed by atoms with E-state index < -0.39 is 0 Å². The fraction of sp³-hybridized carbons (Fsp3) is 0.545. The Morgan fingerprint density at radius 1 is 1.60 bits per heavy atom. The van der Waals surface area contributed by atoms with Crippen LogP contribution in [0.4, 0.5) is 5.82 Å². The Balaban J connectivity index is 2.50. The van der Waals surface area contributed by atoms with Crippen LogP contribution in [0.15, 0.2) is 16.7 Å². The normalized spacial score (nSPS) is 12.5. The highest BCUT2D eigenvalue weighted by Crippen LogP contribution is 2.16. The van der Waals surface area contributed by atoms with Gasteiger partial charge in [0.25, 0.3) is 0 Å². The molecule has 1 aromatic rings. The maximum atomic E-state index is 9.56. The van der Waals surface area contributed by atoms with Gasteiger partial charge in [0.2, 0.25) is 0 Å². The van der Waals surface area contributed by atoms with E-state index in [0.717, 1.165) is 28.7 Å². The molecule has 0 radical (unpaired) electrons. The molecule has 0 aliphatic rings. The van der Waals surface area contributed by atoms with Crippen molar-refractivity contribution in [1.82, 2.24) is 4.98 Å². The lowest BCUT2D eigenvalue weighted by Gasteiger charge is -2.12. The Labute approximate surface area is 99.1 Å². The van der Waals surface area contributed by atoms with Gasteiger partial charge in [-0.15, -0.1) is 0 Å². The molecule has 84 valence electrons. The Kier molecular flexibility index (Phi) is 5.05. The van der Waals surface area contributed by atoms with E-state index in [-0.39, 0.29) is 6.10 Å². The summed E-state index contributed by atoms with van der Waals surface area (Å²) in [5, 5.41) is 12.7. The van der Waals surface area contributed by atoms with Gasteiger partial charge in [0.05, 0.1) is 6.10 Å². The van der Waals surface area contributed by atoms with Crippen LogP contribution in [-0.4, -0.2) is 22.7 Å². The minimum atomic E-state index is -0.292. The van der Waals surface area contributed by atoms with Crippen LogP contribution >= 0.6 is 15.9 Å². The van der Waals surface area contributed by atoms with E-state index in [2.05, 4.69) is 33.2 Å². The molecule has 15 heavy (non-hydrogen) atoms. The first kappa shape index (κ1) is 12.5. The van der Waals surface area contributed by atoms with E-state index in [9.17, 15) is 5.11 Å². The number of anilines is 1. The van der Waals surface area contributed by atoms with Crippen molar-refractivity contribution in [3.8, 4) is 0 Å². The minimum absolute atomic E-state index is 0.292. The molecular formula is C11H17BrN2O. The number of hydrogen-bond acceptors (Lipinski definition) is 3. The smallest absolute Gasteiger partial charge is 0.129 e. The fourth-order valence-corrected chi connectivity index (χ4v) is 1.82. The van der Waals surface area contributed by atoms with Crippen molar-refractivity contribution in [3.63, 3.8) is 0 Å². The lowest BCUT2D eigenvalue weighted by Crippen LogP contribution is -2.19. The van der Waals surface area contributed by atoms with Gasteiger partial charge in [-0.25, -0.2) is 4.98 Å². The lowest BCUT2D eigenvalue weighted by atomic mass is 10.2. The van der Waals surface area contributed by atoms with Crippen molar-refractivity contribution in [2.45, 2.75) is 32.8 Å². The number of aliphatic hydroxyl groups excluding tert-OH is 1. The van der Waals surface area contributed by atoms with Crippen molar-refractivity contribution < 1.29 is 5.11 Å². The summed E-state index contributed by atoms with van der Waals surface area (Å²) in [6.45, 7) is 4.61. The van der Waals surface area contributed by atoms with Crippen molar-refractivity contribution in [2.75, 3.05) is 11.9 Å². The van der Waals surface area contributed by atoms with Crippen LogP contribution in [0.1, 0.15) is 25.3 Å². The average molecular weight is 273 g/mol. The van der Waals surface area contributed by atoms with Gasteiger partial charge in [-0.05, 0) is 40.9 Å². The number of rotatable bonds is 5. The maximum absolute atomic E-state index is 9.56. The second kappa shape index (κ2) is 6.08.